The van der Waals surface area contributed by atoms with E-state index in [1.165, 1.54) is 0 Å². The molecule has 0 aromatic heterocycles. The molecule has 3 unspecified atom stereocenters. The summed E-state index contributed by atoms with van der Waals surface area (Å²) in [6, 6.07) is -0.173. The lowest BCUT2D eigenvalue weighted by Gasteiger charge is -2.09. The zero-order chi connectivity index (χ0) is 21.2. The maximum Gasteiger partial charge on any atom is 0.220 e. The molecule has 3 atom stereocenters. The number of epoxide rings is 1. The van der Waals surface area contributed by atoms with Gasteiger partial charge in [-0.1, -0.05) is 67.7 Å². The average molecular weight is 402 g/mol. The Labute approximate surface area is 177 Å². The summed E-state index contributed by atoms with van der Waals surface area (Å²) in [6.45, 7) is 3.91. The maximum absolute atomic E-state index is 11.5. The van der Waals surface area contributed by atoms with E-state index in [0.717, 1.165) is 44.9 Å². The summed E-state index contributed by atoms with van der Waals surface area (Å²) in [4.78, 5) is 11.5. The second kappa shape index (κ2) is 17.0. The second-order valence-corrected chi connectivity index (χ2v) is 7.35. The number of rotatable bonds is 16. The van der Waals surface area contributed by atoms with Crippen molar-refractivity contribution in [1.82, 2.24) is 5.32 Å². The van der Waals surface area contributed by atoms with Crippen molar-refractivity contribution in [1.29, 1.82) is 0 Å². The van der Waals surface area contributed by atoms with Gasteiger partial charge in [-0.15, -0.1) is 0 Å². The third-order valence-corrected chi connectivity index (χ3v) is 4.53. The van der Waals surface area contributed by atoms with E-state index in [4.69, 9.17) is 9.84 Å². The van der Waals surface area contributed by atoms with Gasteiger partial charge in [0.05, 0.1) is 18.8 Å². The Morgan fingerprint density at radius 2 is 1.41 bits per heavy atom. The maximum atomic E-state index is 11.5. The van der Waals surface area contributed by atoms with E-state index in [2.05, 4.69) is 66.9 Å². The van der Waals surface area contributed by atoms with Crippen molar-refractivity contribution in [2.75, 3.05) is 6.61 Å². The van der Waals surface area contributed by atoms with Crippen LogP contribution >= 0.6 is 0 Å². The number of nitrogens with one attached hydrogen (secondary N) is 1. The molecule has 1 aliphatic heterocycles. The van der Waals surface area contributed by atoms with Gasteiger partial charge >= 0.3 is 0 Å². The van der Waals surface area contributed by atoms with Gasteiger partial charge in [-0.3, -0.25) is 4.79 Å². The SMILES string of the molecule is CC/C=C\C/C=C\C/C=C\CC1OC1CC=CCC=CCCC(=O)NC(C)CO. The highest BCUT2D eigenvalue weighted by Crippen LogP contribution is 2.29. The van der Waals surface area contributed by atoms with Gasteiger partial charge in [0.25, 0.3) is 0 Å². The fraction of sp³-hybridized carbons (Fsp3) is 0.560. The van der Waals surface area contributed by atoms with Crippen LogP contribution < -0.4 is 5.32 Å². The molecule has 1 amide bonds. The molecule has 29 heavy (non-hydrogen) atoms. The molecule has 4 heteroatoms. The summed E-state index contributed by atoms with van der Waals surface area (Å²) in [5, 5.41) is 11.6. The van der Waals surface area contributed by atoms with Crippen molar-refractivity contribution in [2.45, 2.75) is 83.5 Å². The molecular weight excluding hydrogens is 362 g/mol. The van der Waals surface area contributed by atoms with E-state index in [1.807, 2.05) is 6.08 Å². The number of allylic oxidation sites excluding steroid dienone is 8. The van der Waals surface area contributed by atoms with Gasteiger partial charge in [0.1, 0.15) is 0 Å². The minimum atomic E-state index is -0.173. The zero-order valence-electron chi connectivity index (χ0n) is 18.1. The van der Waals surface area contributed by atoms with E-state index in [0.29, 0.717) is 18.6 Å². The summed E-state index contributed by atoms with van der Waals surface area (Å²) >= 11 is 0. The first-order valence-electron chi connectivity index (χ1n) is 11.0. The van der Waals surface area contributed by atoms with Crippen molar-refractivity contribution in [3.05, 3.63) is 60.8 Å². The van der Waals surface area contributed by atoms with Gasteiger partial charge in [-0.05, 0) is 51.9 Å². The highest BCUT2D eigenvalue weighted by atomic mass is 16.6. The molecule has 2 N–H and O–H groups in total. The zero-order valence-corrected chi connectivity index (χ0v) is 18.1. The number of carbonyl (C=O) groups is 1. The van der Waals surface area contributed by atoms with Crippen molar-refractivity contribution < 1.29 is 14.6 Å². The third kappa shape index (κ3) is 14.7. The van der Waals surface area contributed by atoms with Crippen molar-refractivity contribution in [3.8, 4) is 0 Å². The molecule has 1 fully saturated rings. The summed E-state index contributed by atoms with van der Waals surface area (Å²) in [5.41, 5.74) is 0. The van der Waals surface area contributed by atoms with Crippen LogP contribution in [0.25, 0.3) is 0 Å². The van der Waals surface area contributed by atoms with Crippen LogP contribution in [0.15, 0.2) is 60.8 Å². The lowest BCUT2D eigenvalue weighted by atomic mass is 10.1. The van der Waals surface area contributed by atoms with Crippen LogP contribution in [0.2, 0.25) is 0 Å². The predicted octanol–water partition coefficient (Wildman–Crippen LogP) is 5.17. The first-order chi connectivity index (χ1) is 14.2. The van der Waals surface area contributed by atoms with Crippen LogP contribution in [0.5, 0.6) is 0 Å². The van der Waals surface area contributed by atoms with Crippen LogP contribution in [-0.4, -0.2) is 35.9 Å². The monoisotopic (exact) mass is 401 g/mol. The van der Waals surface area contributed by atoms with E-state index >= 15 is 0 Å². The molecule has 162 valence electrons. The molecule has 1 rings (SSSR count). The number of hydrogen-bond acceptors (Lipinski definition) is 3. The number of hydrogen-bond donors (Lipinski definition) is 2. The Morgan fingerprint density at radius 3 is 1.97 bits per heavy atom. The highest BCUT2D eigenvalue weighted by molar-refractivity contribution is 5.76. The van der Waals surface area contributed by atoms with Crippen LogP contribution in [0, 0.1) is 0 Å². The largest absolute Gasteiger partial charge is 0.394 e. The summed E-state index contributed by atoms with van der Waals surface area (Å²) in [5.74, 6) is -0.0159. The highest BCUT2D eigenvalue weighted by Gasteiger charge is 2.35. The Balaban J connectivity index is 1.98. The lowest BCUT2D eigenvalue weighted by Crippen LogP contribution is -2.34. The fourth-order valence-electron chi connectivity index (χ4n) is 2.76. The fourth-order valence-corrected chi connectivity index (χ4v) is 2.76. The first kappa shape index (κ1) is 25.1. The number of amides is 1. The molecular formula is C25H39NO3. The van der Waals surface area contributed by atoms with Crippen molar-refractivity contribution in [3.63, 3.8) is 0 Å². The lowest BCUT2D eigenvalue weighted by molar-refractivity contribution is -0.121. The van der Waals surface area contributed by atoms with Gasteiger partial charge in [0, 0.05) is 12.5 Å². The summed E-state index contributed by atoms with van der Waals surface area (Å²) in [7, 11) is 0. The Hall–Kier alpha value is -1.91. The molecule has 0 saturated carbocycles. The third-order valence-electron chi connectivity index (χ3n) is 4.53. The van der Waals surface area contributed by atoms with E-state index in [9.17, 15) is 4.79 Å². The molecule has 4 nitrogen and oxygen atoms in total. The van der Waals surface area contributed by atoms with Crippen LogP contribution in [0.1, 0.15) is 65.2 Å². The van der Waals surface area contributed by atoms with Crippen molar-refractivity contribution >= 4 is 5.91 Å². The van der Waals surface area contributed by atoms with E-state index in [-0.39, 0.29) is 18.6 Å². The second-order valence-electron chi connectivity index (χ2n) is 7.35. The van der Waals surface area contributed by atoms with E-state index < -0.39 is 0 Å². The minimum absolute atomic E-state index is 0.0159. The van der Waals surface area contributed by atoms with Crippen LogP contribution in [-0.2, 0) is 9.53 Å². The molecule has 0 bridgehead atoms. The molecule has 0 aliphatic carbocycles. The Kier molecular flexibility index (Phi) is 14.7. The Morgan fingerprint density at radius 1 is 0.897 bits per heavy atom. The van der Waals surface area contributed by atoms with E-state index in [1.54, 1.807) is 6.92 Å². The van der Waals surface area contributed by atoms with Gasteiger partial charge in [0.2, 0.25) is 5.91 Å². The van der Waals surface area contributed by atoms with Crippen LogP contribution in [0.4, 0.5) is 0 Å². The van der Waals surface area contributed by atoms with Crippen LogP contribution in [0.3, 0.4) is 0 Å². The summed E-state index contributed by atoms with van der Waals surface area (Å²) < 4.78 is 5.69. The molecule has 0 radical (unpaired) electrons. The normalized spacial score (nSPS) is 20.7. The molecule has 1 heterocycles. The number of carbonyl (C=O) groups excluding carboxylic acids is 1. The van der Waals surface area contributed by atoms with Crippen molar-refractivity contribution in [2.24, 2.45) is 0 Å². The van der Waals surface area contributed by atoms with Gasteiger partial charge in [0.15, 0.2) is 0 Å². The van der Waals surface area contributed by atoms with Gasteiger partial charge in [-0.25, -0.2) is 0 Å². The average Bonchev–Trinajstić information content (AvgIpc) is 3.46. The molecule has 1 saturated heterocycles. The predicted molar refractivity (Wildman–Crippen MR) is 122 cm³/mol. The quantitative estimate of drug-likeness (QED) is 0.277. The molecule has 1 aliphatic rings. The summed E-state index contributed by atoms with van der Waals surface area (Å²) in [6.07, 6.45) is 29.6. The topological polar surface area (TPSA) is 61.9 Å². The minimum Gasteiger partial charge on any atom is -0.394 e. The number of ether oxygens (including phenoxy) is 1. The number of aliphatic hydroxyl groups excluding tert-OH is 1. The van der Waals surface area contributed by atoms with Gasteiger partial charge in [-0.2, -0.15) is 0 Å². The standard InChI is InChI=1S/C25H39NO3/c1-3-4-5-6-7-8-9-12-15-18-23-24(29-23)19-16-13-10-11-14-17-20-25(28)26-22(2)21-27/h4-5,7-8,11-16,22-24,27H,3,6,9-10,17-21H2,1-2H3,(H,26,28)/b5-4-,8-7-,14-11?,15-12-,16-13?. The Bertz CT molecular complexity index is 575. The molecule has 0 spiro atoms. The van der Waals surface area contributed by atoms with Gasteiger partial charge < -0.3 is 15.2 Å². The smallest absolute Gasteiger partial charge is 0.220 e. The molecule has 0 aromatic carbocycles. The molecule has 0 aromatic rings. The number of aliphatic hydroxyl groups is 1. The first-order valence-corrected chi connectivity index (χ1v) is 11.0.